The second-order valence-corrected chi connectivity index (χ2v) is 1.34. The van der Waals surface area contributed by atoms with Gasteiger partial charge in [-0.3, -0.25) is 9.11 Å². The van der Waals surface area contributed by atoms with Gasteiger partial charge in [0.25, 0.3) is 0 Å². The van der Waals surface area contributed by atoms with Crippen LogP contribution in [0.4, 0.5) is 0 Å². The zero-order chi connectivity index (χ0) is 4.50. The molecule has 10 heteroatoms. The molecule has 0 aromatic carbocycles. The first-order valence-electron chi connectivity index (χ1n) is 0.698. The Hall–Kier alpha value is 1.39. The molecule has 0 saturated heterocycles. The lowest BCUT2D eigenvalue weighted by atomic mass is 15.8. The second-order valence-electron chi connectivity index (χ2n) is 0.448. The summed E-state index contributed by atoms with van der Waals surface area (Å²) in [5.74, 6) is 0. The van der Waals surface area contributed by atoms with Gasteiger partial charge in [-0.2, -0.15) is 8.42 Å². The van der Waals surface area contributed by atoms with E-state index in [1.165, 1.54) is 0 Å². The summed E-state index contributed by atoms with van der Waals surface area (Å²) < 4.78 is 31.6. The van der Waals surface area contributed by atoms with Crippen molar-refractivity contribution in [3.05, 3.63) is 0 Å². The monoisotopic (exact) mass is 224 g/mol. The van der Waals surface area contributed by atoms with Crippen molar-refractivity contribution in [3.63, 3.8) is 0 Å². The molecule has 0 heterocycles. The van der Waals surface area contributed by atoms with Crippen molar-refractivity contribution in [1.29, 1.82) is 0 Å². The second kappa shape index (κ2) is 16.8. The van der Waals surface area contributed by atoms with E-state index in [9.17, 15) is 0 Å². The quantitative estimate of drug-likeness (QED) is 0.312. The largest absolute Gasteiger partial charge is 0.412 e. The molecule has 0 aliphatic rings. The van der Waals surface area contributed by atoms with Crippen molar-refractivity contribution in [1.82, 2.24) is 0 Å². The molecule has 0 aliphatic carbocycles. The van der Waals surface area contributed by atoms with Gasteiger partial charge in [0.15, 0.2) is 52.1 Å². The van der Waals surface area contributed by atoms with Crippen molar-refractivity contribution < 1.29 is 28.5 Å². The maximum atomic E-state index is 8.74. The van der Waals surface area contributed by atoms with Crippen LogP contribution in [-0.4, -0.2) is 80.6 Å². The number of hydrogen-bond donors (Lipinski definition) is 2. The molecule has 0 spiro atoms. The first kappa shape index (κ1) is 42.3. The Balaban J connectivity index is -0.00000000800. The number of hydrogen-bond acceptors (Lipinski definition) is 2. The standard InChI is InChI=1S/3Al.H2O4S.2H2O.9H/c;;;1-5(2,3)4;;;;;;;;;;;/h;;;(H2,1,2,3,4);2*1H2;;;;;;;;;. The molecule has 0 amide bonds. The third-order valence-electron chi connectivity index (χ3n) is 0. The third-order valence-corrected chi connectivity index (χ3v) is 0. The molecule has 0 aromatic rings. The summed E-state index contributed by atoms with van der Waals surface area (Å²) in [7, 11) is -4.67. The predicted molar refractivity (Wildman–Crippen MR) is 51.2 cm³/mol. The van der Waals surface area contributed by atoms with Gasteiger partial charge in [0.1, 0.15) is 0 Å². The van der Waals surface area contributed by atoms with Crippen molar-refractivity contribution in [2.75, 3.05) is 0 Å². The first-order chi connectivity index (χ1) is 2.00. The van der Waals surface area contributed by atoms with Crippen LogP contribution < -0.4 is 0 Å². The van der Waals surface area contributed by atoms with Crippen LogP contribution >= 0.6 is 0 Å². The molecule has 0 unspecified atom stereocenters. The summed E-state index contributed by atoms with van der Waals surface area (Å²) in [6.45, 7) is 0. The molecule has 0 rings (SSSR count). The fourth-order valence-corrected chi connectivity index (χ4v) is 0. The molecule has 0 saturated carbocycles. The normalized spacial score (nSPS) is 5.80. The highest BCUT2D eigenvalue weighted by Gasteiger charge is 1.84. The SMILES string of the molecule is O.O.O=S(=O)(O)O.[AlH3].[AlH3].[AlH3]. The van der Waals surface area contributed by atoms with E-state index in [2.05, 4.69) is 0 Å². The van der Waals surface area contributed by atoms with Crippen molar-refractivity contribution >= 4 is 62.5 Å². The third kappa shape index (κ3) is 343. The molecule has 0 fully saturated rings. The molecule has 0 aliphatic heterocycles. The minimum absolute atomic E-state index is 0. The maximum Gasteiger partial charge on any atom is 0.394 e. The van der Waals surface area contributed by atoms with Crippen LogP contribution in [0.15, 0.2) is 0 Å². The van der Waals surface area contributed by atoms with Crippen molar-refractivity contribution in [3.8, 4) is 0 Å². The smallest absolute Gasteiger partial charge is 0.394 e. The molecule has 6 nitrogen and oxygen atoms in total. The molecule has 0 bridgehead atoms. The fourth-order valence-electron chi connectivity index (χ4n) is 0. The molecule has 66 valence electrons. The van der Waals surface area contributed by atoms with Crippen LogP contribution in [0.3, 0.4) is 0 Å². The van der Waals surface area contributed by atoms with Gasteiger partial charge in [-0.05, 0) is 0 Å². The zero-order valence-electron chi connectivity index (χ0n) is 3.12. The Morgan fingerprint density at radius 1 is 0.800 bits per heavy atom. The van der Waals surface area contributed by atoms with Crippen LogP contribution in [0.1, 0.15) is 0 Å². The van der Waals surface area contributed by atoms with Gasteiger partial charge in [0.2, 0.25) is 0 Å². The zero-order valence-corrected chi connectivity index (χ0v) is 3.94. The minimum atomic E-state index is -4.67. The molecule has 0 aromatic heterocycles. The van der Waals surface area contributed by atoms with Crippen molar-refractivity contribution in [2.45, 2.75) is 0 Å². The van der Waals surface area contributed by atoms with E-state index in [0.717, 1.165) is 0 Å². The summed E-state index contributed by atoms with van der Waals surface area (Å²) in [4.78, 5) is 0. The predicted octanol–water partition coefficient (Wildman–Crippen LogP) is -5.85. The minimum Gasteiger partial charge on any atom is -0.412 e. The van der Waals surface area contributed by atoms with Gasteiger partial charge in [-0.25, -0.2) is 0 Å². The van der Waals surface area contributed by atoms with E-state index >= 15 is 0 Å². The highest BCUT2D eigenvalue weighted by atomic mass is 32.3. The van der Waals surface area contributed by atoms with E-state index in [1.807, 2.05) is 0 Å². The van der Waals surface area contributed by atoms with Gasteiger partial charge < -0.3 is 11.0 Å². The summed E-state index contributed by atoms with van der Waals surface area (Å²) in [6, 6.07) is 0. The van der Waals surface area contributed by atoms with E-state index in [1.54, 1.807) is 0 Å². The summed E-state index contributed by atoms with van der Waals surface area (Å²) >= 11 is 0. The van der Waals surface area contributed by atoms with Gasteiger partial charge in [0, 0.05) is 0 Å². The topological polar surface area (TPSA) is 138 Å². The van der Waals surface area contributed by atoms with Crippen LogP contribution in [-0.2, 0) is 10.4 Å². The van der Waals surface area contributed by atoms with Crippen LogP contribution in [0.2, 0.25) is 0 Å². The lowest BCUT2D eigenvalue weighted by Crippen LogP contribution is -1.89. The highest BCUT2D eigenvalue weighted by Crippen LogP contribution is 1.59. The van der Waals surface area contributed by atoms with Crippen LogP contribution in [0, 0.1) is 0 Å². The molecule has 6 N–H and O–H groups in total. The van der Waals surface area contributed by atoms with E-state index < -0.39 is 10.4 Å². The highest BCUT2D eigenvalue weighted by molar-refractivity contribution is 7.79. The fraction of sp³-hybridized carbons (Fsp3) is 0. The Morgan fingerprint density at radius 3 is 0.800 bits per heavy atom. The summed E-state index contributed by atoms with van der Waals surface area (Å²) in [5, 5.41) is 0. The molecular weight excluding hydrogens is 209 g/mol. The van der Waals surface area contributed by atoms with Gasteiger partial charge in [0.05, 0.1) is 0 Å². The average Bonchev–Trinajstić information content (AvgIpc) is 0.722. The summed E-state index contributed by atoms with van der Waals surface area (Å²) in [6.07, 6.45) is 0. The molecule has 10 heavy (non-hydrogen) atoms. The van der Waals surface area contributed by atoms with Crippen molar-refractivity contribution in [2.24, 2.45) is 0 Å². The molecular formula is H15Al3O6S. The van der Waals surface area contributed by atoms with E-state index in [-0.39, 0.29) is 63.0 Å². The first-order valence-corrected chi connectivity index (χ1v) is 2.10. The van der Waals surface area contributed by atoms with Crippen LogP contribution in [0.5, 0.6) is 0 Å². The Kier molecular flexibility index (Phi) is 71.0. The van der Waals surface area contributed by atoms with Gasteiger partial charge in [-0.15, -0.1) is 0 Å². The Labute approximate surface area is 90.6 Å². The Morgan fingerprint density at radius 2 is 0.800 bits per heavy atom. The lowest BCUT2D eigenvalue weighted by Gasteiger charge is -1.68. The van der Waals surface area contributed by atoms with E-state index in [0.29, 0.717) is 0 Å². The summed E-state index contributed by atoms with van der Waals surface area (Å²) in [5.41, 5.74) is 0. The van der Waals surface area contributed by atoms with Gasteiger partial charge in [-0.1, -0.05) is 0 Å². The lowest BCUT2D eigenvalue weighted by molar-refractivity contribution is 0.381. The molecule has 0 atom stereocenters. The average molecular weight is 224 g/mol. The van der Waals surface area contributed by atoms with Crippen LogP contribution in [0.25, 0.3) is 0 Å². The Bertz CT molecular complexity index is 96.2. The maximum absolute atomic E-state index is 8.74. The van der Waals surface area contributed by atoms with Gasteiger partial charge >= 0.3 is 10.4 Å². The van der Waals surface area contributed by atoms with E-state index in [4.69, 9.17) is 17.5 Å². The number of rotatable bonds is 0. The molecule has 0 radical (unpaired) electrons.